The van der Waals surface area contributed by atoms with Gasteiger partial charge in [0.05, 0.1) is 0 Å². The molecule has 18 heavy (non-hydrogen) atoms. The molecule has 0 aromatic heterocycles. The zero-order valence-electron chi connectivity index (χ0n) is 12.0. The maximum atomic E-state index is 6.08. The van der Waals surface area contributed by atoms with Crippen molar-refractivity contribution in [2.45, 2.75) is 32.4 Å². The van der Waals surface area contributed by atoms with Gasteiger partial charge >= 0.3 is 0 Å². The molecule has 1 heterocycles. The Labute approximate surface area is 111 Å². The maximum Gasteiger partial charge on any atom is 0.0415 e. The summed E-state index contributed by atoms with van der Waals surface area (Å²) in [7, 11) is 2.20. The van der Waals surface area contributed by atoms with Crippen LogP contribution in [0.5, 0.6) is 0 Å². The molecule has 0 saturated carbocycles. The second kappa shape index (κ2) is 4.90. The molecule has 1 fully saturated rings. The number of likely N-dealkylation sites (N-methyl/N-ethyl adjacent to an activating group) is 1. The van der Waals surface area contributed by atoms with E-state index in [1.807, 2.05) is 0 Å². The van der Waals surface area contributed by atoms with E-state index < -0.39 is 0 Å². The first-order valence-corrected chi connectivity index (χ1v) is 6.72. The zero-order chi connectivity index (χ0) is 13.3. The van der Waals surface area contributed by atoms with E-state index in [4.69, 9.17) is 5.73 Å². The van der Waals surface area contributed by atoms with Crippen LogP contribution < -0.4 is 10.6 Å². The molecule has 2 rings (SSSR count). The van der Waals surface area contributed by atoms with Crippen molar-refractivity contribution >= 4 is 5.69 Å². The molecule has 1 aromatic carbocycles. The molecular weight excluding hydrogens is 222 g/mol. The minimum atomic E-state index is 0.0870. The van der Waals surface area contributed by atoms with E-state index in [-0.39, 0.29) is 11.6 Å². The number of anilines is 1. The molecule has 1 aliphatic rings. The highest BCUT2D eigenvalue weighted by molar-refractivity contribution is 5.55. The number of hydrogen-bond donors (Lipinski definition) is 1. The minimum Gasteiger partial charge on any atom is -0.368 e. The minimum absolute atomic E-state index is 0.0870. The molecule has 0 spiro atoms. The van der Waals surface area contributed by atoms with E-state index in [0.717, 1.165) is 19.6 Å². The Bertz CT molecular complexity index is 412. The van der Waals surface area contributed by atoms with Gasteiger partial charge in [0.15, 0.2) is 0 Å². The number of benzene rings is 1. The van der Waals surface area contributed by atoms with Gasteiger partial charge in [0.1, 0.15) is 0 Å². The summed E-state index contributed by atoms with van der Waals surface area (Å²) < 4.78 is 0. The van der Waals surface area contributed by atoms with Crippen molar-refractivity contribution in [2.75, 3.05) is 31.6 Å². The van der Waals surface area contributed by atoms with Gasteiger partial charge < -0.3 is 10.6 Å². The van der Waals surface area contributed by atoms with E-state index >= 15 is 0 Å². The second-order valence-corrected chi connectivity index (χ2v) is 6.00. The fraction of sp³-hybridized carbons (Fsp3) is 0.600. The fourth-order valence-electron chi connectivity index (χ4n) is 2.61. The molecule has 1 aliphatic heterocycles. The summed E-state index contributed by atoms with van der Waals surface area (Å²) in [6.07, 6.45) is 0. The normalized spacial score (nSPS) is 21.9. The van der Waals surface area contributed by atoms with Gasteiger partial charge in [-0.15, -0.1) is 0 Å². The third kappa shape index (κ3) is 2.52. The Balaban J connectivity index is 2.27. The van der Waals surface area contributed by atoms with Crippen molar-refractivity contribution in [1.29, 1.82) is 0 Å². The predicted molar refractivity (Wildman–Crippen MR) is 78.0 cm³/mol. The molecular formula is C15H25N3. The lowest BCUT2D eigenvalue weighted by molar-refractivity contribution is 0.138. The zero-order valence-corrected chi connectivity index (χ0v) is 12.0. The van der Waals surface area contributed by atoms with Gasteiger partial charge in [-0.1, -0.05) is 18.2 Å². The van der Waals surface area contributed by atoms with Gasteiger partial charge in [0.25, 0.3) is 0 Å². The van der Waals surface area contributed by atoms with Gasteiger partial charge in [0, 0.05) is 36.9 Å². The van der Waals surface area contributed by atoms with Crippen molar-refractivity contribution in [2.24, 2.45) is 5.73 Å². The summed E-state index contributed by atoms with van der Waals surface area (Å²) in [6, 6.07) is 8.60. The van der Waals surface area contributed by atoms with Crippen molar-refractivity contribution in [1.82, 2.24) is 4.90 Å². The van der Waals surface area contributed by atoms with Crippen LogP contribution in [0.25, 0.3) is 0 Å². The topological polar surface area (TPSA) is 32.5 Å². The Kier molecular flexibility index (Phi) is 3.64. The highest BCUT2D eigenvalue weighted by Gasteiger charge is 2.31. The number of nitrogens with zero attached hydrogens (tertiary/aromatic N) is 2. The monoisotopic (exact) mass is 247 g/mol. The molecule has 0 amide bonds. The van der Waals surface area contributed by atoms with Crippen LogP contribution >= 0.6 is 0 Å². The summed E-state index contributed by atoms with van der Waals surface area (Å²) in [6.45, 7) is 9.87. The lowest BCUT2D eigenvalue weighted by atomic mass is 9.97. The molecule has 0 aliphatic carbocycles. The lowest BCUT2D eigenvalue weighted by Crippen LogP contribution is -2.57. The quantitative estimate of drug-likeness (QED) is 0.870. The standard InChI is InChI=1S/C15H25N3/c1-12(16)13-7-5-6-8-14(13)18-10-9-17(4)15(2,3)11-18/h5-8,12H,9-11,16H2,1-4H3. The summed E-state index contributed by atoms with van der Waals surface area (Å²) >= 11 is 0. The Hall–Kier alpha value is -1.06. The molecule has 1 saturated heterocycles. The lowest BCUT2D eigenvalue weighted by Gasteiger charge is -2.46. The van der Waals surface area contributed by atoms with Gasteiger partial charge in [-0.3, -0.25) is 4.90 Å². The van der Waals surface area contributed by atoms with Crippen LogP contribution in [0.2, 0.25) is 0 Å². The van der Waals surface area contributed by atoms with E-state index in [2.05, 4.69) is 61.9 Å². The van der Waals surface area contributed by atoms with Crippen molar-refractivity contribution in [3.05, 3.63) is 29.8 Å². The third-order valence-corrected chi connectivity index (χ3v) is 4.08. The summed E-state index contributed by atoms with van der Waals surface area (Å²) in [5.74, 6) is 0. The Morgan fingerprint density at radius 1 is 1.22 bits per heavy atom. The first-order chi connectivity index (χ1) is 8.42. The summed E-state index contributed by atoms with van der Waals surface area (Å²) in [4.78, 5) is 4.90. The average molecular weight is 247 g/mol. The molecule has 2 N–H and O–H groups in total. The fourth-order valence-corrected chi connectivity index (χ4v) is 2.61. The molecule has 100 valence electrons. The van der Waals surface area contributed by atoms with Gasteiger partial charge in [0.2, 0.25) is 0 Å². The first-order valence-electron chi connectivity index (χ1n) is 6.72. The third-order valence-electron chi connectivity index (χ3n) is 4.08. The van der Waals surface area contributed by atoms with E-state index in [0.29, 0.717) is 0 Å². The van der Waals surface area contributed by atoms with Crippen LogP contribution in [0.4, 0.5) is 5.69 Å². The van der Waals surface area contributed by atoms with E-state index in [1.54, 1.807) is 0 Å². The summed E-state index contributed by atoms with van der Waals surface area (Å²) in [5, 5.41) is 0. The maximum absolute atomic E-state index is 6.08. The SMILES string of the molecule is CC(N)c1ccccc1N1CCN(C)C(C)(C)C1. The molecule has 3 nitrogen and oxygen atoms in total. The largest absolute Gasteiger partial charge is 0.368 e. The molecule has 1 aromatic rings. The smallest absolute Gasteiger partial charge is 0.0415 e. The summed E-state index contributed by atoms with van der Waals surface area (Å²) in [5.41, 5.74) is 8.84. The van der Waals surface area contributed by atoms with Gasteiger partial charge in [-0.25, -0.2) is 0 Å². The van der Waals surface area contributed by atoms with Crippen molar-refractivity contribution in [3.63, 3.8) is 0 Å². The molecule has 0 radical (unpaired) electrons. The van der Waals surface area contributed by atoms with Gasteiger partial charge in [-0.2, -0.15) is 0 Å². The van der Waals surface area contributed by atoms with Crippen LogP contribution in [-0.2, 0) is 0 Å². The molecule has 3 heteroatoms. The van der Waals surface area contributed by atoms with E-state index in [1.165, 1.54) is 11.3 Å². The van der Waals surface area contributed by atoms with Crippen LogP contribution in [0.1, 0.15) is 32.4 Å². The Morgan fingerprint density at radius 3 is 2.50 bits per heavy atom. The first kappa shape index (κ1) is 13.4. The van der Waals surface area contributed by atoms with Gasteiger partial charge in [-0.05, 0) is 39.4 Å². The number of rotatable bonds is 2. The highest BCUT2D eigenvalue weighted by Crippen LogP contribution is 2.29. The Morgan fingerprint density at radius 2 is 1.89 bits per heavy atom. The number of hydrogen-bond acceptors (Lipinski definition) is 3. The van der Waals surface area contributed by atoms with Crippen molar-refractivity contribution < 1.29 is 0 Å². The second-order valence-electron chi connectivity index (χ2n) is 6.00. The average Bonchev–Trinajstić information content (AvgIpc) is 2.32. The van der Waals surface area contributed by atoms with Crippen LogP contribution in [0, 0.1) is 0 Å². The van der Waals surface area contributed by atoms with Crippen LogP contribution in [-0.4, -0.2) is 37.1 Å². The molecule has 1 unspecified atom stereocenters. The van der Waals surface area contributed by atoms with Crippen molar-refractivity contribution in [3.8, 4) is 0 Å². The molecule has 0 bridgehead atoms. The number of piperazine rings is 1. The predicted octanol–water partition coefficient (Wildman–Crippen LogP) is 2.24. The highest BCUT2D eigenvalue weighted by atomic mass is 15.3. The van der Waals surface area contributed by atoms with Crippen LogP contribution in [0.3, 0.4) is 0 Å². The number of nitrogens with two attached hydrogens (primary N) is 1. The van der Waals surface area contributed by atoms with E-state index in [9.17, 15) is 0 Å². The van der Waals surface area contributed by atoms with Crippen LogP contribution in [0.15, 0.2) is 24.3 Å². The number of para-hydroxylation sites is 1. The molecule has 1 atom stereocenters.